The highest BCUT2D eigenvalue weighted by Gasteiger charge is 2.24. The zero-order valence-electron chi connectivity index (χ0n) is 13.5. The number of benzene rings is 2. The van der Waals surface area contributed by atoms with Crippen LogP contribution in [0, 0.1) is 0 Å². The van der Waals surface area contributed by atoms with E-state index in [1.54, 1.807) is 6.26 Å². The molecule has 4 heteroatoms. The summed E-state index contributed by atoms with van der Waals surface area (Å²) in [5.41, 5.74) is 2.75. The first kappa shape index (κ1) is 15.0. The topological polar surface area (TPSA) is 36.7 Å². The molecule has 0 bridgehead atoms. The van der Waals surface area contributed by atoms with Gasteiger partial charge in [-0.15, -0.1) is 0 Å². The summed E-state index contributed by atoms with van der Waals surface area (Å²) >= 11 is 0. The molecule has 4 rings (SSSR count). The van der Waals surface area contributed by atoms with Gasteiger partial charge in [0.25, 0.3) is 5.91 Å². The number of hydrogen-bond donors (Lipinski definition) is 0. The van der Waals surface area contributed by atoms with Gasteiger partial charge in [0.1, 0.15) is 11.8 Å². The van der Waals surface area contributed by atoms with E-state index in [4.69, 9.17) is 4.42 Å². The fraction of sp³-hybridized carbons (Fsp3) is 0.250. The fourth-order valence-corrected chi connectivity index (χ4v) is 3.26. The van der Waals surface area contributed by atoms with Gasteiger partial charge >= 0.3 is 0 Å². The van der Waals surface area contributed by atoms with E-state index in [9.17, 15) is 4.79 Å². The van der Waals surface area contributed by atoms with Crippen molar-refractivity contribution in [3.05, 3.63) is 72.0 Å². The Hall–Kier alpha value is -2.59. The average molecular weight is 320 g/mol. The maximum absolute atomic E-state index is 12.8. The normalized spacial score (nSPS) is 15.8. The number of para-hydroxylation sites is 1. The van der Waals surface area contributed by atoms with Gasteiger partial charge in [-0.25, -0.2) is 0 Å². The molecular formula is C20H20N2O2. The summed E-state index contributed by atoms with van der Waals surface area (Å²) < 4.78 is 5.50. The number of carbonyl (C=O) groups is 1. The van der Waals surface area contributed by atoms with Crippen LogP contribution in [0.5, 0.6) is 0 Å². The van der Waals surface area contributed by atoms with Crippen molar-refractivity contribution in [1.29, 1.82) is 0 Å². The van der Waals surface area contributed by atoms with Crippen LogP contribution in [-0.4, -0.2) is 41.9 Å². The smallest absolute Gasteiger partial charge is 0.257 e. The summed E-state index contributed by atoms with van der Waals surface area (Å²) in [5.74, 6) is 0.0688. The average Bonchev–Trinajstić information content (AvgIpc) is 3.07. The first-order valence-corrected chi connectivity index (χ1v) is 8.33. The maximum Gasteiger partial charge on any atom is 0.257 e. The second kappa shape index (κ2) is 6.49. The van der Waals surface area contributed by atoms with Crippen LogP contribution in [0.3, 0.4) is 0 Å². The molecule has 0 radical (unpaired) electrons. The molecule has 4 nitrogen and oxygen atoms in total. The predicted molar refractivity (Wildman–Crippen MR) is 93.8 cm³/mol. The number of amides is 1. The van der Waals surface area contributed by atoms with Crippen LogP contribution in [0.25, 0.3) is 11.0 Å². The second-order valence-electron chi connectivity index (χ2n) is 6.20. The van der Waals surface area contributed by atoms with Crippen molar-refractivity contribution < 1.29 is 9.21 Å². The first-order chi connectivity index (χ1) is 11.8. The van der Waals surface area contributed by atoms with Crippen LogP contribution in [0.2, 0.25) is 0 Å². The minimum absolute atomic E-state index is 0.0688. The van der Waals surface area contributed by atoms with Gasteiger partial charge in [-0.3, -0.25) is 9.69 Å². The molecule has 1 aliphatic rings. The molecule has 2 heterocycles. The third-order valence-electron chi connectivity index (χ3n) is 4.62. The van der Waals surface area contributed by atoms with Crippen LogP contribution in [0.1, 0.15) is 15.9 Å². The Morgan fingerprint density at radius 1 is 0.917 bits per heavy atom. The Balaban J connectivity index is 1.41. The third kappa shape index (κ3) is 2.93. The summed E-state index contributed by atoms with van der Waals surface area (Å²) in [7, 11) is 0. The van der Waals surface area contributed by atoms with E-state index < -0.39 is 0 Å². The number of fused-ring (bicyclic) bond motifs is 1. The molecular weight excluding hydrogens is 300 g/mol. The van der Waals surface area contributed by atoms with E-state index in [2.05, 4.69) is 29.2 Å². The standard InChI is InChI=1S/C20H20N2O2/c23-20(18-15-24-19-9-5-4-8-17(18)19)22-12-10-21(11-13-22)14-16-6-2-1-3-7-16/h1-9,15H,10-14H2. The Labute approximate surface area is 141 Å². The largest absolute Gasteiger partial charge is 0.463 e. The molecule has 1 fully saturated rings. The Morgan fingerprint density at radius 2 is 1.62 bits per heavy atom. The lowest BCUT2D eigenvalue weighted by molar-refractivity contribution is 0.0629. The molecule has 1 saturated heterocycles. The second-order valence-corrected chi connectivity index (χ2v) is 6.20. The third-order valence-corrected chi connectivity index (χ3v) is 4.62. The molecule has 24 heavy (non-hydrogen) atoms. The van der Waals surface area contributed by atoms with Crippen molar-refractivity contribution >= 4 is 16.9 Å². The van der Waals surface area contributed by atoms with Crippen LogP contribution in [-0.2, 0) is 6.54 Å². The molecule has 0 aliphatic carbocycles. The highest BCUT2D eigenvalue weighted by atomic mass is 16.3. The van der Waals surface area contributed by atoms with Crippen LogP contribution in [0.4, 0.5) is 0 Å². The highest BCUT2D eigenvalue weighted by Crippen LogP contribution is 2.22. The number of hydrogen-bond acceptors (Lipinski definition) is 3. The van der Waals surface area contributed by atoms with Crippen molar-refractivity contribution in [1.82, 2.24) is 9.80 Å². The number of furan rings is 1. The van der Waals surface area contributed by atoms with E-state index in [1.807, 2.05) is 35.2 Å². The molecule has 3 aromatic rings. The summed E-state index contributed by atoms with van der Waals surface area (Å²) in [6.07, 6.45) is 1.59. The minimum Gasteiger partial charge on any atom is -0.463 e. The molecule has 0 unspecified atom stereocenters. The van der Waals surface area contributed by atoms with Gasteiger partial charge in [-0.2, -0.15) is 0 Å². The van der Waals surface area contributed by atoms with E-state index in [-0.39, 0.29) is 5.91 Å². The van der Waals surface area contributed by atoms with Gasteiger partial charge in [0.2, 0.25) is 0 Å². The molecule has 1 amide bonds. The van der Waals surface area contributed by atoms with Crippen LogP contribution < -0.4 is 0 Å². The molecule has 0 spiro atoms. The molecule has 2 aromatic carbocycles. The molecule has 122 valence electrons. The van der Waals surface area contributed by atoms with Gasteiger partial charge in [0.05, 0.1) is 5.56 Å². The zero-order valence-corrected chi connectivity index (χ0v) is 13.5. The lowest BCUT2D eigenvalue weighted by Crippen LogP contribution is -2.48. The summed E-state index contributed by atoms with van der Waals surface area (Å²) in [4.78, 5) is 17.1. The van der Waals surface area contributed by atoms with Crippen molar-refractivity contribution in [3.63, 3.8) is 0 Å². The molecule has 1 aromatic heterocycles. The lowest BCUT2D eigenvalue weighted by atomic mass is 10.1. The van der Waals surface area contributed by atoms with Gasteiger partial charge in [-0.05, 0) is 11.6 Å². The quantitative estimate of drug-likeness (QED) is 0.742. The molecule has 0 atom stereocenters. The van der Waals surface area contributed by atoms with E-state index in [0.29, 0.717) is 5.56 Å². The van der Waals surface area contributed by atoms with Crippen molar-refractivity contribution in [2.45, 2.75) is 6.54 Å². The zero-order chi connectivity index (χ0) is 16.4. The van der Waals surface area contributed by atoms with Crippen molar-refractivity contribution in [2.75, 3.05) is 26.2 Å². The van der Waals surface area contributed by atoms with Crippen LogP contribution >= 0.6 is 0 Å². The van der Waals surface area contributed by atoms with Gasteiger partial charge in [-0.1, -0.05) is 48.5 Å². The Kier molecular flexibility index (Phi) is 4.05. The summed E-state index contributed by atoms with van der Waals surface area (Å²) in [6.45, 7) is 4.25. The Bertz CT molecular complexity index is 833. The van der Waals surface area contributed by atoms with Gasteiger partial charge < -0.3 is 9.32 Å². The van der Waals surface area contributed by atoms with Gasteiger partial charge in [0.15, 0.2) is 0 Å². The monoisotopic (exact) mass is 320 g/mol. The Morgan fingerprint density at radius 3 is 2.42 bits per heavy atom. The minimum atomic E-state index is 0.0688. The molecule has 0 saturated carbocycles. The molecule has 0 N–H and O–H groups in total. The predicted octanol–water partition coefficient (Wildman–Crippen LogP) is 3.39. The van der Waals surface area contributed by atoms with Crippen molar-refractivity contribution in [2.24, 2.45) is 0 Å². The van der Waals surface area contributed by atoms with E-state index >= 15 is 0 Å². The number of nitrogens with zero attached hydrogens (tertiary/aromatic N) is 2. The summed E-state index contributed by atoms with van der Waals surface area (Å²) in [6, 6.07) is 18.2. The fourth-order valence-electron chi connectivity index (χ4n) is 3.26. The van der Waals surface area contributed by atoms with Gasteiger partial charge in [0, 0.05) is 38.1 Å². The van der Waals surface area contributed by atoms with Crippen molar-refractivity contribution in [3.8, 4) is 0 Å². The summed E-state index contributed by atoms with van der Waals surface area (Å²) in [5, 5.41) is 0.897. The first-order valence-electron chi connectivity index (χ1n) is 8.33. The number of carbonyl (C=O) groups excluding carboxylic acids is 1. The van der Waals surface area contributed by atoms with E-state index in [0.717, 1.165) is 43.7 Å². The SMILES string of the molecule is O=C(c1coc2ccccc12)N1CCN(Cc2ccccc2)CC1. The number of rotatable bonds is 3. The number of piperazine rings is 1. The van der Waals surface area contributed by atoms with E-state index in [1.165, 1.54) is 5.56 Å². The lowest BCUT2D eigenvalue weighted by Gasteiger charge is -2.34. The van der Waals surface area contributed by atoms with Crippen LogP contribution in [0.15, 0.2) is 65.3 Å². The maximum atomic E-state index is 12.8. The highest BCUT2D eigenvalue weighted by molar-refractivity contribution is 6.05. The molecule has 1 aliphatic heterocycles.